The predicted molar refractivity (Wildman–Crippen MR) is 153 cm³/mol. The van der Waals surface area contributed by atoms with Crippen LogP contribution in [0.15, 0.2) is 83.4 Å². The van der Waals surface area contributed by atoms with Gasteiger partial charge < -0.3 is 19.4 Å². The Bertz CT molecular complexity index is 1650. The van der Waals surface area contributed by atoms with Crippen molar-refractivity contribution in [1.29, 1.82) is 0 Å². The van der Waals surface area contributed by atoms with Gasteiger partial charge in [-0.3, -0.25) is 9.71 Å². The van der Waals surface area contributed by atoms with Gasteiger partial charge in [-0.15, -0.1) is 0 Å². The quantitative estimate of drug-likeness (QED) is 0.238. The Kier molecular flexibility index (Phi) is 7.11. The average Bonchev–Trinajstić information content (AvgIpc) is 3.54. The van der Waals surface area contributed by atoms with Crippen LogP contribution in [0.1, 0.15) is 39.5 Å². The summed E-state index contributed by atoms with van der Waals surface area (Å²) in [5, 5.41) is 3.86. The summed E-state index contributed by atoms with van der Waals surface area (Å²) in [6.07, 6.45) is 2.84. The van der Waals surface area contributed by atoms with E-state index >= 15 is 0 Å². The summed E-state index contributed by atoms with van der Waals surface area (Å²) in [4.78, 5) is 18.6. The fourth-order valence-corrected chi connectivity index (χ4v) is 5.59. The number of aromatic nitrogens is 1. The zero-order chi connectivity index (χ0) is 27.7. The highest BCUT2D eigenvalue weighted by Gasteiger charge is 2.42. The minimum absolute atomic E-state index is 0.326. The molecule has 1 aliphatic heterocycles. The summed E-state index contributed by atoms with van der Waals surface area (Å²) in [5.41, 5.74) is 3.92. The van der Waals surface area contributed by atoms with E-state index in [0.29, 0.717) is 27.9 Å². The molecule has 2 N–H and O–H groups in total. The minimum atomic E-state index is -3.43. The van der Waals surface area contributed by atoms with Gasteiger partial charge in [-0.1, -0.05) is 18.2 Å². The molecule has 1 aliphatic rings. The molecule has 0 aliphatic carbocycles. The summed E-state index contributed by atoms with van der Waals surface area (Å²) in [5.74, 6) is 0.782. The maximum absolute atomic E-state index is 12.0. The van der Waals surface area contributed by atoms with Crippen molar-refractivity contribution < 1.29 is 22.4 Å². The first-order chi connectivity index (χ1) is 18.6. The number of ether oxygens (including phenoxy) is 1. The Morgan fingerprint density at radius 1 is 1.10 bits per heavy atom. The monoisotopic (exact) mass is 562 g/mol. The van der Waals surface area contributed by atoms with Gasteiger partial charge in [-0.25, -0.2) is 13.2 Å². The molecule has 0 unspecified atom stereocenters. The smallest absolute Gasteiger partial charge is 0.337 e. The number of benzene rings is 2. The molecule has 9 nitrogen and oxygen atoms in total. The molecule has 1 saturated heterocycles. The van der Waals surface area contributed by atoms with Crippen molar-refractivity contribution in [2.24, 2.45) is 0 Å². The fraction of sp³-hybridized carbons (Fsp3) is 0.179. The molecule has 200 valence electrons. The molecule has 2 aromatic heterocycles. The number of rotatable bonds is 7. The Balaban J connectivity index is 1.57. The van der Waals surface area contributed by atoms with E-state index < -0.39 is 22.0 Å². The lowest BCUT2D eigenvalue weighted by atomic mass is 10.0. The first-order valence-electron chi connectivity index (χ1n) is 12.0. The average molecular weight is 563 g/mol. The van der Waals surface area contributed by atoms with E-state index in [9.17, 15) is 13.2 Å². The number of methoxy groups -OCH3 is 1. The lowest BCUT2D eigenvalue weighted by Crippen LogP contribution is -2.29. The number of nitrogens with one attached hydrogen (secondary N) is 2. The number of aryl methyl sites for hydroxylation is 1. The summed E-state index contributed by atoms with van der Waals surface area (Å²) < 4.78 is 37.3. The first-order valence-corrected chi connectivity index (χ1v) is 14.3. The maximum Gasteiger partial charge on any atom is 0.337 e. The van der Waals surface area contributed by atoms with Gasteiger partial charge >= 0.3 is 5.97 Å². The molecule has 4 aromatic rings. The van der Waals surface area contributed by atoms with Crippen LogP contribution in [0.25, 0.3) is 11.3 Å². The van der Waals surface area contributed by atoms with Crippen LogP contribution in [0.5, 0.6) is 0 Å². The van der Waals surface area contributed by atoms with Gasteiger partial charge in [0.1, 0.15) is 17.6 Å². The van der Waals surface area contributed by atoms with E-state index in [1.807, 2.05) is 60.4 Å². The Morgan fingerprint density at radius 3 is 2.62 bits per heavy atom. The van der Waals surface area contributed by atoms with E-state index in [-0.39, 0.29) is 6.04 Å². The Hall–Kier alpha value is -4.22. The molecule has 2 aromatic carbocycles. The van der Waals surface area contributed by atoms with Gasteiger partial charge in [0.2, 0.25) is 10.0 Å². The fourth-order valence-electron chi connectivity index (χ4n) is 4.62. The van der Waals surface area contributed by atoms with Crippen LogP contribution in [-0.2, 0) is 14.8 Å². The molecule has 3 heterocycles. The topological polar surface area (TPSA) is 114 Å². The standard InChI is InChI=1S/C28H26N4O5S2/c1-17-15-20(10-11-21(17)31-39(3,34)35)32-26(25(30-28(32)38)22-9-4-5-14-29-22)24-13-12-23(37-24)18-7-6-8-19(16-18)27(33)36-2/h4-16,25-26,31H,1-3H3,(H,30,38)/t25-,26+/m1/s1. The van der Waals surface area contributed by atoms with Gasteiger partial charge in [0, 0.05) is 17.4 Å². The van der Waals surface area contributed by atoms with Crippen LogP contribution in [0, 0.1) is 6.92 Å². The molecule has 0 bridgehead atoms. The molecule has 0 spiro atoms. The highest BCUT2D eigenvalue weighted by molar-refractivity contribution is 7.92. The molecule has 5 rings (SSSR count). The van der Waals surface area contributed by atoms with Crippen LogP contribution in [0.2, 0.25) is 0 Å². The zero-order valence-electron chi connectivity index (χ0n) is 21.4. The molecule has 0 saturated carbocycles. The summed E-state index contributed by atoms with van der Waals surface area (Å²) >= 11 is 5.78. The molecular weight excluding hydrogens is 536 g/mol. The number of pyridine rings is 1. The number of hydrogen-bond donors (Lipinski definition) is 2. The van der Waals surface area contributed by atoms with Crippen molar-refractivity contribution in [2.75, 3.05) is 23.0 Å². The molecule has 39 heavy (non-hydrogen) atoms. The van der Waals surface area contributed by atoms with Gasteiger partial charge in [0.25, 0.3) is 0 Å². The SMILES string of the molecule is COC(=O)c1cccc(-c2ccc([C@H]3[C@@H](c4ccccn4)NC(=S)N3c3ccc(NS(C)(=O)=O)c(C)c3)o2)c1. The number of carbonyl (C=O) groups excluding carboxylic acids is 1. The summed E-state index contributed by atoms with van der Waals surface area (Å²) in [6.45, 7) is 1.83. The van der Waals surface area contributed by atoms with Gasteiger partial charge in [-0.2, -0.15) is 0 Å². The predicted octanol–water partition coefficient (Wildman–Crippen LogP) is 4.99. The van der Waals surface area contributed by atoms with Crippen LogP contribution in [-0.4, -0.2) is 37.8 Å². The number of furan rings is 1. The second kappa shape index (κ2) is 10.5. The van der Waals surface area contributed by atoms with Crippen LogP contribution in [0.3, 0.4) is 0 Å². The summed E-state index contributed by atoms with van der Waals surface area (Å²) in [6, 6.07) is 21.1. The molecule has 2 atom stereocenters. The van der Waals surface area contributed by atoms with E-state index in [1.54, 1.807) is 30.5 Å². The molecule has 1 fully saturated rings. The number of sulfonamides is 1. The third-order valence-corrected chi connectivity index (χ3v) is 7.27. The zero-order valence-corrected chi connectivity index (χ0v) is 23.0. The van der Waals surface area contributed by atoms with E-state index in [1.165, 1.54) is 7.11 Å². The van der Waals surface area contributed by atoms with Gasteiger partial charge in [0.05, 0.1) is 36.4 Å². The van der Waals surface area contributed by atoms with Gasteiger partial charge in [0.15, 0.2) is 5.11 Å². The lowest BCUT2D eigenvalue weighted by molar-refractivity contribution is 0.0600. The third kappa shape index (κ3) is 5.50. The summed E-state index contributed by atoms with van der Waals surface area (Å²) in [7, 11) is -2.09. The van der Waals surface area contributed by atoms with Gasteiger partial charge in [-0.05, 0) is 79.3 Å². The third-order valence-electron chi connectivity index (χ3n) is 6.37. The number of carbonyl (C=O) groups is 1. The number of thiocarbonyl (C=S) groups is 1. The van der Waals surface area contributed by atoms with Crippen molar-refractivity contribution in [3.63, 3.8) is 0 Å². The largest absolute Gasteiger partial charge is 0.465 e. The van der Waals surface area contributed by atoms with Crippen LogP contribution < -0.4 is 14.9 Å². The minimum Gasteiger partial charge on any atom is -0.465 e. The lowest BCUT2D eigenvalue weighted by Gasteiger charge is -2.26. The highest BCUT2D eigenvalue weighted by atomic mass is 32.2. The Labute approximate surface area is 231 Å². The van der Waals surface area contributed by atoms with Crippen molar-refractivity contribution >= 4 is 44.7 Å². The van der Waals surface area contributed by atoms with E-state index in [4.69, 9.17) is 21.4 Å². The second-order valence-electron chi connectivity index (χ2n) is 9.14. The van der Waals surface area contributed by atoms with E-state index in [2.05, 4.69) is 15.0 Å². The number of hydrogen-bond acceptors (Lipinski definition) is 7. The second-order valence-corrected chi connectivity index (χ2v) is 11.3. The number of esters is 1. The molecule has 0 radical (unpaired) electrons. The normalized spacial score (nSPS) is 17.1. The van der Waals surface area contributed by atoms with Crippen molar-refractivity contribution in [2.45, 2.75) is 19.0 Å². The maximum atomic E-state index is 12.0. The van der Waals surface area contributed by atoms with E-state index in [0.717, 1.165) is 28.8 Å². The highest BCUT2D eigenvalue weighted by Crippen LogP contribution is 2.43. The molecular formula is C28H26N4O5S2. The van der Waals surface area contributed by atoms with Crippen molar-refractivity contribution in [3.05, 3.63) is 102 Å². The van der Waals surface area contributed by atoms with Crippen LogP contribution >= 0.6 is 12.2 Å². The number of nitrogens with zero attached hydrogens (tertiary/aromatic N) is 2. The van der Waals surface area contributed by atoms with Crippen LogP contribution in [0.4, 0.5) is 11.4 Å². The van der Waals surface area contributed by atoms with Crippen molar-refractivity contribution in [1.82, 2.24) is 10.3 Å². The first kappa shape index (κ1) is 26.4. The number of anilines is 2. The molecule has 11 heteroatoms. The molecule has 0 amide bonds. The Morgan fingerprint density at radius 2 is 1.92 bits per heavy atom. The van der Waals surface area contributed by atoms with Crippen molar-refractivity contribution in [3.8, 4) is 11.3 Å².